The Hall–Kier alpha value is 0.0634. The predicted octanol–water partition coefficient (Wildman–Crippen LogP) is 4.29. The Labute approximate surface area is 87.6 Å². The van der Waals surface area contributed by atoms with Crippen molar-refractivity contribution in [2.24, 2.45) is 0 Å². The number of hydrogen-bond acceptors (Lipinski definition) is 1. The van der Waals surface area contributed by atoms with E-state index in [0.29, 0.717) is 0 Å². The van der Waals surface area contributed by atoms with E-state index in [1.165, 1.54) is 6.42 Å². The molecule has 0 spiro atoms. The molecule has 88 valence electrons. The van der Waals surface area contributed by atoms with Crippen molar-refractivity contribution >= 4 is 0 Å². The molecule has 0 atom stereocenters. The summed E-state index contributed by atoms with van der Waals surface area (Å²) in [6.07, 6.45) is 7.97. The first-order chi connectivity index (χ1) is 6.01. The van der Waals surface area contributed by atoms with Crippen molar-refractivity contribution in [1.29, 1.82) is 0 Å². The molecule has 1 N–H and O–H groups in total. The molecular weight excluding hydrogens is 261 g/mol. The fourth-order valence-electron chi connectivity index (χ4n) is 1.07. The van der Waals surface area contributed by atoms with Gasteiger partial charge in [-0.15, -0.1) is 0 Å². The van der Waals surface area contributed by atoms with Gasteiger partial charge in [0.15, 0.2) is 0 Å². The van der Waals surface area contributed by atoms with Gasteiger partial charge in [0.25, 0.3) is 0 Å². The average molecular weight is 287 g/mol. The third-order valence-electron chi connectivity index (χ3n) is 1.85. The normalized spacial score (nSPS) is 20.4. The number of allylic oxidation sites excluding steroid dienone is 4. The van der Waals surface area contributed by atoms with Crippen molar-refractivity contribution in [2.45, 2.75) is 40.9 Å². The van der Waals surface area contributed by atoms with Crippen LogP contribution in [0.25, 0.3) is 0 Å². The molecule has 0 heterocycles. The summed E-state index contributed by atoms with van der Waals surface area (Å²) in [7, 11) is 0. The monoisotopic (exact) mass is 288 g/mol. The van der Waals surface area contributed by atoms with Crippen LogP contribution in [0, 0.1) is 0 Å². The standard InChI is InChI=1S/C5H5.C2H6O.5CH3.Ru/c1-2-4-5-3-1;1-2-3;;;;;;/h1-3H,4H2;3H,2H2,1H3;5*1H3;. The summed E-state index contributed by atoms with van der Waals surface area (Å²) in [6.45, 7) is 1.93. The van der Waals surface area contributed by atoms with Crippen molar-refractivity contribution in [2.75, 3.05) is 6.61 Å². The van der Waals surface area contributed by atoms with Gasteiger partial charge in [-0.25, -0.2) is 0 Å². The second-order valence-corrected chi connectivity index (χ2v) is 28.8. The molecule has 0 saturated heterocycles. The van der Waals surface area contributed by atoms with E-state index in [9.17, 15) is 0 Å². The molecule has 0 aromatic carbocycles. The minimum absolute atomic E-state index is 0.250. The second kappa shape index (κ2) is 3.57. The molecule has 0 radical (unpaired) electrons. The summed E-state index contributed by atoms with van der Waals surface area (Å²) < 4.78 is 1.69. The van der Waals surface area contributed by atoms with Crippen molar-refractivity contribution in [3.63, 3.8) is 0 Å². The SMILES string of the molecule is CCO.[CH3][Ru]([CH3])([CH3])([CH3])([CH3])[C]1=CC=CC1. The van der Waals surface area contributed by atoms with E-state index in [4.69, 9.17) is 5.11 Å². The zero-order valence-corrected chi connectivity index (χ0v) is 12.2. The number of hydrogen-bond donors (Lipinski definition) is 1. The maximum atomic E-state index is 7.57. The first-order valence-corrected chi connectivity index (χ1v) is 14.2. The molecule has 0 bridgehead atoms. The van der Waals surface area contributed by atoms with E-state index in [1.54, 1.807) is 11.1 Å². The summed E-state index contributed by atoms with van der Waals surface area (Å²) in [6, 6.07) is 0. The molecular formula is C12H26ORu. The van der Waals surface area contributed by atoms with Crippen molar-refractivity contribution in [3.05, 3.63) is 22.4 Å². The molecule has 1 aliphatic rings. The van der Waals surface area contributed by atoms with Gasteiger partial charge in [0.1, 0.15) is 0 Å². The molecule has 0 fully saturated rings. The number of aliphatic hydroxyl groups excluding tert-OH is 1. The van der Waals surface area contributed by atoms with E-state index in [1.807, 2.05) is 0 Å². The van der Waals surface area contributed by atoms with Gasteiger partial charge in [0.2, 0.25) is 0 Å². The molecule has 1 rings (SSSR count). The van der Waals surface area contributed by atoms with Gasteiger partial charge in [-0.3, -0.25) is 0 Å². The van der Waals surface area contributed by atoms with Crippen molar-refractivity contribution < 1.29 is 17.5 Å². The summed E-state index contributed by atoms with van der Waals surface area (Å²) in [4.78, 5) is 0. The molecule has 0 saturated carbocycles. The molecule has 0 amide bonds. The van der Waals surface area contributed by atoms with Gasteiger partial charge >= 0.3 is 68.8 Å². The Morgan fingerprint density at radius 3 is 1.79 bits per heavy atom. The quantitative estimate of drug-likeness (QED) is 0.713. The zero-order chi connectivity index (χ0) is 11.5. The molecule has 0 aromatic rings. The Balaban J connectivity index is 0.000000500. The summed E-state index contributed by atoms with van der Waals surface area (Å²) >= 11 is -2.47. The van der Waals surface area contributed by atoms with Crippen LogP contribution in [0.15, 0.2) is 22.4 Å². The van der Waals surface area contributed by atoms with Gasteiger partial charge in [-0.1, -0.05) is 0 Å². The molecule has 14 heavy (non-hydrogen) atoms. The molecule has 1 aliphatic carbocycles. The van der Waals surface area contributed by atoms with E-state index >= 15 is 0 Å². The van der Waals surface area contributed by atoms with Crippen molar-refractivity contribution in [1.82, 2.24) is 0 Å². The summed E-state index contributed by atoms with van der Waals surface area (Å²) in [5, 5.41) is 7.57. The van der Waals surface area contributed by atoms with Crippen LogP contribution >= 0.6 is 0 Å². The predicted molar refractivity (Wildman–Crippen MR) is 63.9 cm³/mol. The topological polar surface area (TPSA) is 20.2 Å². The van der Waals surface area contributed by atoms with E-state index in [0.717, 1.165) is 0 Å². The Kier molecular flexibility index (Phi) is 3.59. The molecule has 2 heteroatoms. The van der Waals surface area contributed by atoms with Crippen LogP contribution in [0.3, 0.4) is 0 Å². The molecule has 0 unspecified atom stereocenters. The van der Waals surface area contributed by atoms with Gasteiger partial charge in [0, 0.05) is 6.61 Å². The van der Waals surface area contributed by atoms with Crippen LogP contribution in [-0.2, 0) is 12.4 Å². The Morgan fingerprint density at radius 2 is 1.64 bits per heavy atom. The van der Waals surface area contributed by atoms with Crippen LogP contribution in [0.1, 0.15) is 13.3 Å². The van der Waals surface area contributed by atoms with Gasteiger partial charge < -0.3 is 5.11 Å². The third-order valence-corrected chi connectivity index (χ3v) is 8.08. The fourth-order valence-corrected chi connectivity index (χ4v) is 4.67. The Morgan fingerprint density at radius 1 is 1.21 bits per heavy atom. The maximum absolute atomic E-state index is 7.57. The molecule has 0 aromatic heterocycles. The van der Waals surface area contributed by atoms with Crippen LogP contribution in [-0.4, -0.2) is 11.7 Å². The first-order valence-electron chi connectivity index (χ1n) is 4.69. The number of rotatable bonds is 1. The first kappa shape index (κ1) is 14.1. The Bertz CT molecular complexity index is 250. The minimum atomic E-state index is -2.47. The molecule has 0 aliphatic heterocycles. The van der Waals surface area contributed by atoms with E-state index in [2.05, 4.69) is 45.8 Å². The van der Waals surface area contributed by atoms with Crippen LogP contribution in [0.2, 0.25) is 27.6 Å². The van der Waals surface area contributed by atoms with E-state index < -0.39 is 12.4 Å². The third kappa shape index (κ3) is 5.07. The summed E-state index contributed by atoms with van der Waals surface area (Å²) in [5.74, 6) is 0. The number of aliphatic hydroxyl groups is 1. The van der Waals surface area contributed by atoms with Gasteiger partial charge in [-0.05, 0) is 6.92 Å². The van der Waals surface area contributed by atoms with Crippen LogP contribution < -0.4 is 0 Å². The van der Waals surface area contributed by atoms with E-state index in [-0.39, 0.29) is 6.61 Å². The van der Waals surface area contributed by atoms with Crippen molar-refractivity contribution in [3.8, 4) is 0 Å². The van der Waals surface area contributed by atoms with Gasteiger partial charge in [-0.2, -0.15) is 0 Å². The van der Waals surface area contributed by atoms with Crippen LogP contribution in [0.5, 0.6) is 0 Å². The fraction of sp³-hybridized carbons (Fsp3) is 0.667. The zero-order valence-electron chi connectivity index (χ0n) is 10.4. The average Bonchev–Trinajstić information content (AvgIpc) is 2.32. The second-order valence-electron chi connectivity index (χ2n) is 5.97. The molecule has 1 nitrogen and oxygen atoms in total. The summed E-state index contributed by atoms with van der Waals surface area (Å²) in [5.41, 5.74) is 12.4. The van der Waals surface area contributed by atoms with Gasteiger partial charge in [0.05, 0.1) is 0 Å². The van der Waals surface area contributed by atoms with Crippen LogP contribution in [0.4, 0.5) is 0 Å².